The highest BCUT2D eigenvalue weighted by Gasteiger charge is 2.26. The van der Waals surface area contributed by atoms with Crippen LogP contribution in [0.3, 0.4) is 0 Å². The largest absolute Gasteiger partial charge is 0.384 e. The first kappa shape index (κ1) is 20.5. The first-order valence-electron chi connectivity index (χ1n) is 8.73. The minimum atomic E-state index is -1.38. The van der Waals surface area contributed by atoms with Gasteiger partial charge in [-0.1, -0.05) is 29.8 Å². The van der Waals surface area contributed by atoms with Crippen LogP contribution in [0.25, 0.3) is 5.82 Å². The van der Waals surface area contributed by atoms with Gasteiger partial charge in [0.2, 0.25) is 0 Å². The van der Waals surface area contributed by atoms with E-state index >= 15 is 0 Å². The maximum atomic E-state index is 12.7. The second-order valence-corrected chi connectivity index (χ2v) is 7.18. The molecule has 2 aromatic heterocycles. The predicted molar refractivity (Wildman–Crippen MR) is 109 cm³/mol. The minimum absolute atomic E-state index is 0.0781. The first-order valence-corrected chi connectivity index (χ1v) is 9.11. The molecule has 0 saturated heterocycles. The van der Waals surface area contributed by atoms with Crippen molar-refractivity contribution < 1.29 is 9.90 Å². The van der Waals surface area contributed by atoms with Crippen LogP contribution in [-0.4, -0.2) is 32.1 Å². The van der Waals surface area contributed by atoms with E-state index in [9.17, 15) is 19.5 Å². The maximum absolute atomic E-state index is 12.7. The summed E-state index contributed by atoms with van der Waals surface area (Å²) in [5.74, 6) is -0.268. The molecule has 3 rings (SSSR count). The molecule has 0 aliphatic heterocycles. The Balaban J connectivity index is 1.85. The van der Waals surface area contributed by atoms with Crippen LogP contribution in [0.4, 0.5) is 0 Å². The topological polar surface area (TPSA) is 117 Å². The summed E-state index contributed by atoms with van der Waals surface area (Å²) < 4.78 is 1.12. The van der Waals surface area contributed by atoms with Crippen LogP contribution < -0.4 is 16.6 Å². The molecule has 0 saturated carbocycles. The molecular weight excluding hydrogens is 396 g/mol. The third kappa shape index (κ3) is 4.44. The highest BCUT2D eigenvalue weighted by atomic mass is 35.5. The number of halogens is 1. The normalized spacial score (nSPS) is 13.0. The van der Waals surface area contributed by atoms with Crippen molar-refractivity contribution in [1.82, 2.24) is 19.9 Å². The second-order valence-electron chi connectivity index (χ2n) is 6.77. The molecule has 0 aliphatic rings. The number of nitrogens with zero attached hydrogens (tertiary/aromatic N) is 2. The maximum Gasteiger partial charge on any atom is 0.334 e. The van der Waals surface area contributed by atoms with Gasteiger partial charge < -0.3 is 10.4 Å². The summed E-state index contributed by atoms with van der Waals surface area (Å²) in [6.45, 7) is 3.18. The number of aromatic amines is 1. The third-order valence-electron chi connectivity index (χ3n) is 4.45. The van der Waals surface area contributed by atoms with Crippen molar-refractivity contribution >= 4 is 17.5 Å². The van der Waals surface area contributed by atoms with E-state index < -0.39 is 22.8 Å². The van der Waals surface area contributed by atoms with Crippen molar-refractivity contribution in [3.63, 3.8) is 0 Å². The molecule has 0 fully saturated rings. The number of aliphatic hydroxyl groups is 1. The zero-order chi connectivity index (χ0) is 21.2. The molecule has 0 aliphatic carbocycles. The van der Waals surface area contributed by atoms with E-state index in [4.69, 9.17) is 11.6 Å². The van der Waals surface area contributed by atoms with E-state index in [0.717, 1.165) is 4.57 Å². The molecule has 3 N–H and O–H groups in total. The van der Waals surface area contributed by atoms with E-state index in [2.05, 4.69) is 15.3 Å². The van der Waals surface area contributed by atoms with Crippen LogP contribution in [0.15, 0.2) is 58.4 Å². The zero-order valence-corrected chi connectivity index (χ0v) is 16.5. The lowest BCUT2D eigenvalue weighted by atomic mass is 9.95. The number of H-pyrrole nitrogens is 1. The SMILES string of the molecule is Cc1cnc(-n2ccc(=O)[nH]c2=O)cc1C(=O)NCC(C)(O)c1ccccc1Cl. The number of carbonyl (C=O) groups excluding carboxylic acids is 1. The van der Waals surface area contributed by atoms with Gasteiger partial charge in [-0.15, -0.1) is 0 Å². The van der Waals surface area contributed by atoms with Crippen LogP contribution in [0.2, 0.25) is 5.02 Å². The lowest BCUT2D eigenvalue weighted by Crippen LogP contribution is -2.39. The fourth-order valence-corrected chi connectivity index (χ4v) is 3.17. The molecule has 150 valence electrons. The number of rotatable bonds is 5. The van der Waals surface area contributed by atoms with Crippen molar-refractivity contribution in [3.05, 3.63) is 91.3 Å². The molecule has 1 aromatic carbocycles. The van der Waals surface area contributed by atoms with E-state index in [1.165, 1.54) is 24.5 Å². The van der Waals surface area contributed by atoms with Gasteiger partial charge in [0, 0.05) is 34.6 Å². The lowest BCUT2D eigenvalue weighted by molar-refractivity contribution is 0.0527. The van der Waals surface area contributed by atoms with Crippen molar-refractivity contribution in [3.8, 4) is 5.82 Å². The molecule has 8 nitrogen and oxygen atoms in total. The quantitative estimate of drug-likeness (QED) is 0.585. The number of aromatic nitrogens is 3. The third-order valence-corrected chi connectivity index (χ3v) is 4.78. The highest BCUT2D eigenvalue weighted by Crippen LogP contribution is 2.27. The Kier molecular flexibility index (Phi) is 5.67. The number of benzene rings is 1. The van der Waals surface area contributed by atoms with Gasteiger partial charge in [0.25, 0.3) is 11.5 Å². The predicted octanol–water partition coefficient (Wildman–Crippen LogP) is 1.52. The smallest absolute Gasteiger partial charge is 0.334 e. The van der Waals surface area contributed by atoms with Crippen molar-refractivity contribution in [1.29, 1.82) is 0 Å². The van der Waals surface area contributed by atoms with E-state index in [0.29, 0.717) is 16.1 Å². The summed E-state index contributed by atoms with van der Waals surface area (Å²) in [5, 5.41) is 13.8. The number of aryl methyl sites for hydroxylation is 1. The molecule has 2 heterocycles. The number of hydrogen-bond acceptors (Lipinski definition) is 5. The van der Waals surface area contributed by atoms with Crippen molar-refractivity contribution in [2.75, 3.05) is 6.54 Å². The van der Waals surface area contributed by atoms with Gasteiger partial charge in [0.15, 0.2) is 0 Å². The van der Waals surface area contributed by atoms with Crippen molar-refractivity contribution in [2.45, 2.75) is 19.4 Å². The Morgan fingerprint density at radius 2 is 2.03 bits per heavy atom. The van der Waals surface area contributed by atoms with Crippen LogP contribution in [0.5, 0.6) is 0 Å². The van der Waals surface area contributed by atoms with Crippen LogP contribution >= 0.6 is 11.6 Å². The number of pyridine rings is 1. The molecule has 0 radical (unpaired) electrons. The Morgan fingerprint density at radius 3 is 2.72 bits per heavy atom. The molecular formula is C20H19ClN4O4. The summed E-state index contributed by atoms with van der Waals surface area (Å²) in [6.07, 6.45) is 2.73. The Bertz CT molecular complexity index is 1180. The van der Waals surface area contributed by atoms with Gasteiger partial charge in [0.1, 0.15) is 11.4 Å². The fourth-order valence-electron chi connectivity index (χ4n) is 2.83. The lowest BCUT2D eigenvalue weighted by Gasteiger charge is -2.25. The molecule has 0 bridgehead atoms. The molecule has 1 amide bonds. The zero-order valence-electron chi connectivity index (χ0n) is 15.8. The minimum Gasteiger partial charge on any atom is -0.384 e. The van der Waals surface area contributed by atoms with Crippen LogP contribution in [0, 0.1) is 6.92 Å². The van der Waals surface area contributed by atoms with Gasteiger partial charge in [-0.3, -0.25) is 19.1 Å². The molecule has 1 atom stereocenters. The fraction of sp³-hybridized carbons (Fsp3) is 0.200. The molecule has 0 spiro atoms. The van der Waals surface area contributed by atoms with E-state index in [-0.39, 0.29) is 17.9 Å². The van der Waals surface area contributed by atoms with Gasteiger partial charge in [0.05, 0.1) is 6.54 Å². The summed E-state index contributed by atoms with van der Waals surface area (Å²) in [5.41, 5.74) is -1.22. The van der Waals surface area contributed by atoms with Crippen molar-refractivity contribution in [2.24, 2.45) is 0 Å². The summed E-state index contributed by atoms with van der Waals surface area (Å²) >= 11 is 6.14. The highest BCUT2D eigenvalue weighted by molar-refractivity contribution is 6.31. The van der Waals surface area contributed by atoms with Gasteiger partial charge >= 0.3 is 5.69 Å². The van der Waals surface area contributed by atoms with E-state index in [1.54, 1.807) is 38.1 Å². The van der Waals surface area contributed by atoms with Crippen LogP contribution in [0.1, 0.15) is 28.4 Å². The summed E-state index contributed by atoms with van der Waals surface area (Å²) in [4.78, 5) is 42.2. The average Bonchev–Trinajstić information content (AvgIpc) is 2.67. The van der Waals surface area contributed by atoms with Gasteiger partial charge in [-0.25, -0.2) is 9.78 Å². The summed E-state index contributed by atoms with van der Waals surface area (Å²) in [6, 6.07) is 9.47. The monoisotopic (exact) mass is 414 g/mol. The molecule has 29 heavy (non-hydrogen) atoms. The Hall–Kier alpha value is -3.23. The van der Waals surface area contributed by atoms with Crippen LogP contribution in [-0.2, 0) is 5.60 Å². The molecule has 3 aromatic rings. The number of hydrogen-bond donors (Lipinski definition) is 3. The summed E-state index contributed by atoms with van der Waals surface area (Å²) in [7, 11) is 0. The Labute approximate surface area is 170 Å². The average molecular weight is 415 g/mol. The second kappa shape index (κ2) is 8.02. The van der Waals surface area contributed by atoms with Gasteiger partial charge in [-0.05, 0) is 31.5 Å². The molecule has 9 heteroatoms. The first-order chi connectivity index (χ1) is 13.7. The Morgan fingerprint density at radius 1 is 1.31 bits per heavy atom. The number of nitrogens with one attached hydrogen (secondary N) is 2. The number of carbonyl (C=O) groups is 1. The van der Waals surface area contributed by atoms with Gasteiger partial charge in [-0.2, -0.15) is 0 Å². The van der Waals surface area contributed by atoms with E-state index in [1.807, 2.05) is 0 Å². The number of amides is 1. The standard InChI is InChI=1S/C20H19ClN4O4/c1-12-10-22-16(25-8-7-17(26)24-19(25)28)9-13(12)18(27)23-11-20(2,29)14-5-3-4-6-15(14)21/h3-10,29H,11H2,1-2H3,(H,23,27)(H,24,26,28). The molecule has 1 unspecified atom stereocenters.